The minimum absolute atomic E-state index is 0.0235. The summed E-state index contributed by atoms with van der Waals surface area (Å²) >= 11 is 5.88. The molecule has 1 amide bonds. The summed E-state index contributed by atoms with van der Waals surface area (Å²) in [6.45, 7) is -0.275. The average Bonchev–Trinajstić information content (AvgIpc) is 3.66. The van der Waals surface area contributed by atoms with Crippen LogP contribution in [0, 0.1) is 11.3 Å². The minimum Gasteiger partial charge on any atom is -0.473 e. The Morgan fingerprint density at radius 2 is 2.03 bits per heavy atom. The number of rotatable bonds is 9. The van der Waals surface area contributed by atoms with E-state index in [0.29, 0.717) is 23.3 Å². The van der Waals surface area contributed by atoms with Gasteiger partial charge in [0.15, 0.2) is 0 Å². The molecule has 1 aliphatic carbocycles. The molecular formula is C23H23ClN6O5S. The third-order valence-electron chi connectivity index (χ3n) is 6.13. The topological polar surface area (TPSA) is 147 Å². The molecule has 0 spiro atoms. The summed E-state index contributed by atoms with van der Waals surface area (Å²) in [6, 6.07) is 10.2. The van der Waals surface area contributed by atoms with E-state index in [4.69, 9.17) is 21.6 Å². The Morgan fingerprint density at radius 3 is 2.67 bits per heavy atom. The van der Waals surface area contributed by atoms with E-state index in [1.165, 1.54) is 30.9 Å². The van der Waals surface area contributed by atoms with Crippen molar-refractivity contribution in [3.8, 4) is 11.9 Å². The van der Waals surface area contributed by atoms with Gasteiger partial charge in [-0.15, -0.1) is 5.10 Å². The van der Waals surface area contributed by atoms with Gasteiger partial charge in [-0.1, -0.05) is 23.7 Å². The van der Waals surface area contributed by atoms with Gasteiger partial charge in [-0.3, -0.25) is 9.59 Å². The van der Waals surface area contributed by atoms with Gasteiger partial charge in [-0.25, -0.2) is 8.42 Å². The monoisotopic (exact) mass is 530 g/mol. The Kier molecular flexibility index (Phi) is 6.99. The van der Waals surface area contributed by atoms with Gasteiger partial charge in [-0.05, 0) is 36.6 Å². The number of amides is 1. The SMILES string of the molecule is CN(CC#N)S(=O)(=O)C1(COc2nncc3cc(C(=O)NCc4ccc(Cl)cc4)c(=O)n(C)c23)CC1. The number of aryl methyl sites for hydroxylation is 1. The predicted molar refractivity (Wildman–Crippen MR) is 132 cm³/mol. The predicted octanol–water partition coefficient (Wildman–Crippen LogP) is 1.61. The molecule has 0 bridgehead atoms. The van der Waals surface area contributed by atoms with E-state index >= 15 is 0 Å². The number of nitrogens with one attached hydrogen (secondary N) is 1. The number of carbonyl (C=O) groups is 1. The number of nitrogens with zero attached hydrogens (tertiary/aromatic N) is 5. The Hall–Kier alpha value is -3.53. The lowest BCUT2D eigenvalue weighted by molar-refractivity contribution is 0.0949. The second kappa shape index (κ2) is 9.85. The molecule has 0 unspecified atom stereocenters. The van der Waals surface area contributed by atoms with Gasteiger partial charge in [0.2, 0.25) is 10.0 Å². The highest BCUT2D eigenvalue weighted by molar-refractivity contribution is 7.90. The van der Waals surface area contributed by atoms with Crippen molar-refractivity contribution < 1.29 is 17.9 Å². The van der Waals surface area contributed by atoms with Gasteiger partial charge >= 0.3 is 0 Å². The number of hydrogen-bond acceptors (Lipinski definition) is 8. The fourth-order valence-corrected chi connectivity index (χ4v) is 5.63. The second-order valence-corrected chi connectivity index (χ2v) is 11.5. The number of nitriles is 1. The summed E-state index contributed by atoms with van der Waals surface area (Å²) in [4.78, 5) is 25.8. The minimum atomic E-state index is -3.77. The molecule has 11 nitrogen and oxygen atoms in total. The quantitative estimate of drug-likeness (QED) is 0.410. The van der Waals surface area contributed by atoms with E-state index in [0.717, 1.165) is 9.87 Å². The number of hydrogen-bond donors (Lipinski definition) is 1. The number of ether oxygens (including phenoxy) is 1. The van der Waals surface area contributed by atoms with Crippen LogP contribution >= 0.6 is 11.6 Å². The summed E-state index contributed by atoms with van der Waals surface area (Å²) < 4.78 is 32.6. The van der Waals surface area contributed by atoms with Crippen LogP contribution in [0.25, 0.3) is 10.9 Å². The van der Waals surface area contributed by atoms with E-state index in [9.17, 15) is 18.0 Å². The van der Waals surface area contributed by atoms with E-state index in [1.54, 1.807) is 24.3 Å². The molecule has 2 aromatic heterocycles. The second-order valence-electron chi connectivity index (χ2n) is 8.58. The molecule has 36 heavy (non-hydrogen) atoms. The third-order valence-corrected chi connectivity index (χ3v) is 8.96. The van der Waals surface area contributed by atoms with Crippen LogP contribution in [0.3, 0.4) is 0 Å². The fraction of sp³-hybridized carbons (Fsp3) is 0.348. The highest BCUT2D eigenvalue weighted by Crippen LogP contribution is 2.45. The summed E-state index contributed by atoms with van der Waals surface area (Å²) in [5.74, 6) is -0.583. The van der Waals surface area contributed by atoms with Crippen molar-refractivity contribution in [2.45, 2.75) is 24.1 Å². The molecule has 1 saturated carbocycles. The zero-order chi connectivity index (χ0) is 26.1. The molecule has 0 atom stereocenters. The first-order valence-corrected chi connectivity index (χ1v) is 12.8. The molecule has 13 heteroatoms. The number of halogens is 1. The molecule has 188 valence electrons. The maximum atomic E-state index is 13.0. The molecule has 4 rings (SSSR count). The highest BCUT2D eigenvalue weighted by atomic mass is 35.5. The van der Waals surface area contributed by atoms with Crippen LogP contribution in [0.4, 0.5) is 0 Å². The summed E-state index contributed by atoms with van der Waals surface area (Å²) in [7, 11) is -0.954. The molecule has 0 saturated heterocycles. The molecule has 2 heterocycles. The van der Waals surface area contributed by atoms with Crippen molar-refractivity contribution in [2.75, 3.05) is 20.2 Å². The van der Waals surface area contributed by atoms with Crippen LogP contribution in [0.15, 0.2) is 41.3 Å². The van der Waals surface area contributed by atoms with Crippen LogP contribution in [-0.4, -0.2) is 58.3 Å². The maximum absolute atomic E-state index is 13.0. The zero-order valence-corrected chi connectivity index (χ0v) is 21.1. The third kappa shape index (κ3) is 4.77. The number of pyridine rings is 1. The average molecular weight is 531 g/mol. The number of benzene rings is 1. The maximum Gasteiger partial charge on any atom is 0.263 e. The Balaban J connectivity index is 1.57. The molecule has 0 radical (unpaired) electrons. The van der Waals surface area contributed by atoms with Crippen molar-refractivity contribution in [3.05, 3.63) is 63.0 Å². The van der Waals surface area contributed by atoms with Gasteiger partial charge in [0, 0.05) is 31.0 Å². The van der Waals surface area contributed by atoms with Crippen molar-refractivity contribution in [3.63, 3.8) is 0 Å². The van der Waals surface area contributed by atoms with Crippen molar-refractivity contribution >= 4 is 38.4 Å². The molecule has 3 aromatic rings. The van der Waals surface area contributed by atoms with Gasteiger partial charge in [0.1, 0.15) is 29.0 Å². The Labute approximate surface area is 212 Å². The van der Waals surface area contributed by atoms with Crippen LogP contribution in [-0.2, 0) is 23.6 Å². The van der Waals surface area contributed by atoms with Crippen molar-refractivity contribution in [1.29, 1.82) is 5.26 Å². The molecule has 0 aliphatic heterocycles. The summed E-state index contributed by atoms with van der Waals surface area (Å²) in [6.07, 6.45) is 2.14. The summed E-state index contributed by atoms with van der Waals surface area (Å²) in [5, 5.41) is 20.4. The lowest BCUT2D eigenvalue weighted by Gasteiger charge is -2.22. The first-order valence-electron chi connectivity index (χ1n) is 10.9. The molecular weight excluding hydrogens is 508 g/mol. The van der Waals surface area contributed by atoms with E-state index in [-0.39, 0.29) is 36.7 Å². The fourth-order valence-electron chi connectivity index (χ4n) is 3.79. The molecule has 1 aliphatic rings. The lowest BCUT2D eigenvalue weighted by atomic mass is 10.1. The summed E-state index contributed by atoms with van der Waals surface area (Å²) in [5.41, 5.74) is 0.438. The van der Waals surface area contributed by atoms with Gasteiger partial charge in [-0.2, -0.15) is 14.7 Å². The number of aromatic nitrogens is 3. The smallest absolute Gasteiger partial charge is 0.263 e. The van der Waals surface area contributed by atoms with E-state index < -0.39 is 26.2 Å². The first kappa shape index (κ1) is 25.6. The number of fused-ring (bicyclic) bond motifs is 1. The Morgan fingerprint density at radius 1 is 1.33 bits per heavy atom. The van der Waals surface area contributed by atoms with Crippen molar-refractivity contribution in [1.82, 2.24) is 24.4 Å². The standard InChI is InChI=1S/C23H23ClN6O5S/c1-29(10-9-25)36(33,34)23(7-8-23)14-35-21-19-16(13-27-28-21)11-18(22(32)30(19)2)20(31)26-12-15-3-5-17(24)6-4-15/h3-6,11,13H,7-8,10,12,14H2,1-2H3,(H,26,31). The number of sulfonamides is 1. The van der Waals surface area contributed by atoms with Gasteiger partial charge in [0.05, 0.1) is 12.3 Å². The lowest BCUT2D eigenvalue weighted by Crippen LogP contribution is -2.41. The van der Waals surface area contributed by atoms with Crippen LogP contribution < -0.4 is 15.6 Å². The van der Waals surface area contributed by atoms with E-state index in [2.05, 4.69) is 15.5 Å². The van der Waals surface area contributed by atoms with E-state index in [1.807, 2.05) is 6.07 Å². The number of carbonyl (C=O) groups excluding carboxylic acids is 1. The Bertz CT molecular complexity index is 1530. The largest absolute Gasteiger partial charge is 0.473 e. The van der Waals surface area contributed by atoms with Crippen molar-refractivity contribution in [2.24, 2.45) is 7.05 Å². The van der Waals surface area contributed by atoms with Gasteiger partial charge in [0.25, 0.3) is 17.3 Å². The molecule has 1 N–H and O–H groups in total. The first-order chi connectivity index (χ1) is 17.1. The van der Waals surface area contributed by atoms with Crippen LogP contribution in [0.2, 0.25) is 5.02 Å². The zero-order valence-electron chi connectivity index (χ0n) is 19.6. The normalized spacial score (nSPS) is 14.4. The highest BCUT2D eigenvalue weighted by Gasteiger charge is 2.57. The molecule has 1 aromatic carbocycles. The van der Waals surface area contributed by atoms with Crippen LogP contribution in [0.1, 0.15) is 28.8 Å². The van der Waals surface area contributed by atoms with Gasteiger partial charge < -0.3 is 14.6 Å². The molecule has 1 fully saturated rings. The van der Waals surface area contributed by atoms with Crippen LogP contribution in [0.5, 0.6) is 5.88 Å².